The summed E-state index contributed by atoms with van der Waals surface area (Å²) in [4.78, 5) is 21.0. The molecule has 3 aromatic carbocycles. The van der Waals surface area contributed by atoms with Crippen molar-refractivity contribution in [2.75, 3.05) is 5.32 Å². The van der Waals surface area contributed by atoms with E-state index in [1.807, 2.05) is 72.1 Å². The average Bonchev–Trinajstić information content (AvgIpc) is 3.16. The van der Waals surface area contributed by atoms with Gasteiger partial charge in [-0.15, -0.1) is 11.3 Å². The number of carbonyl (C=O) groups excluding carboxylic acids is 1. The van der Waals surface area contributed by atoms with Crippen LogP contribution in [0.5, 0.6) is 0 Å². The molecule has 0 aliphatic carbocycles. The number of thiazole rings is 1. The van der Waals surface area contributed by atoms with E-state index < -0.39 is 0 Å². The van der Waals surface area contributed by atoms with Crippen LogP contribution in [0.1, 0.15) is 10.4 Å². The van der Waals surface area contributed by atoms with Gasteiger partial charge in [-0.1, -0.05) is 48.5 Å². The molecule has 5 N–H and O–H groups in total. The van der Waals surface area contributed by atoms with Gasteiger partial charge in [0.1, 0.15) is 0 Å². The Hall–Kier alpha value is -3.71. The number of rotatable bonds is 4. The van der Waals surface area contributed by atoms with E-state index in [4.69, 9.17) is 11.5 Å². The number of aromatic nitrogens is 1. The smallest absolute Gasteiger partial charge is 0.256 e. The van der Waals surface area contributed by atoms with Gasteiger partial charge in [-0.3, -0.25) is 4.79 Å². The van der Waals surface area contributed by atoms with Gasteiger partial charge < -0.3 is 16.8 Å². The fourth-order valence-corrected chi connectivity index (χ4v) is 3.62. The molecule has 7 heteroatoms. The van der Waals surface area contributed by atoms with Crippen LogP contribution in [0, 0.1) is 0 Å². The topological polar surface area (TPSA) is 106 Å². The highest BCUT2D eigenvalue weighted by atomic mass is 32.1. The Morgan fingerprint density at radius 1 is 0.964 bits per heavy atom. The monoisotopic (exact) mass is 387 g/mol. The number of carbonyl (C=O) groups is 1. The second kappa shape index (κ2) is 7.50. The second-order valence-electron chi connectivity index (χ2n) is 6.11. The molecule has 0 atom stereocenters. The van der Waals surface area contributed by atoms with Crippen LogP contribution in [-0.2, 0) is 0 Å². The standard InChI is InChI=1S/C21H17N5OS/c22-20(23)26-21-25-18(12-28-21)14-8-10-15(11-9-14)24-19(27)17-7-3-5-13-4-1-2-6-16(13)17/h1-12H,(H,24,27)(H4,22,23,25,26). The Morgan fingerprint density at radius 2 is 1.71 bits per heavy atom. The number of nitrogens with one attached hydrogen (secondary N) is 1. The minimum absolute atomic E-state index is 0.0209. The van der Waals surface area contributed by atoms with Gasteiger partial charge in [-0.25, -0.2) is 4.98 Å². The molecule has 138 valence electrons. The molecule has 0 spiro atoms. The van der Waals surface area contributed by atoms with Crippen molar-refractivity contribution in [1.29, 1.82) is 0 Å². The van der Waals surface area contributed by atoms with Gasteiger partial charge in [0.2, 0.25) is 5.13 Å². The number of hydrogen-bond acceptors (Lipinski definition) is 4. The number of nitrogens with zero attached hydrogens (tertiary/aromatic N) is 2. The lowest BCUT2D eigenvalue weighted by atomic mass is 10.0. The van der Waals surface area contributed by atoms with E-state index in [0.29, 0.717) is 16.4 Å². The molecule has 4 aromatic rings. The van der Waals surface area contributed by atoms with Crippen LogP contribution in [0.25, 0.3) is 22.0 Å². The summed E-state index contributed by atoms with van der Waals surface area (Å²) in [5, 5.41) is 7.29. The van der Waals surface area contributed by atoms with Gasteiger partial charge in [-0.2, -0.15) is 4.99 Å². The Morgan fingerprint density at radius 3 is 2.50 bits per heavy atom. The number of fused-ring (bicyclic) bond motifs is 1. The van der Waals surface area contributed by atoms with Crippen LogP contribution in [0.15, 0.2) is 77.1 Å². The first-order chi connectivity index (χ1) is 13.6. The fraction of sp³-hybridized carbons (Fsp3) is 0. The highest BCUT2D eigenvalue weighted by Crippen LogP contribution is 2.28. The van der Waals surface area contributed by atoms with Gasteiger partial charge in [0.05, 0.1) is 5.69 Å². The number of amides is 1. The predicted octanol–water partition coefficient (Wildman–Crippen LogP) is 4.12. The zero-order valence-corrected chi connectivity index (χ0v) is 15.6. The van der Waals surface area contributed by atoms with E-state index >= 15 is 0 Å². The first kappa shape index (κ1) is 17.7. The third kappa shape index (κ3) is 3.70. The Labute approximate surface area is 165 Å². The first-order valence-corrected chi connectivity index (χ1v) is 9.43. The van der Waals surface area contributed by atoms with Crippen LogP contribution in [0.2, 0.25) is 0 Å². The molecule has 6 nitrogen and oxygen atoms in total. The van der Waals surface area contributed by atoms with E-state index in [1.165, 1.54) is 11.3 Å². The average molecular weight is 387 g/mol. The molecular formula is C21H17N5OS. The van der Waals surface area contributed by atoms with E-state index in [1.54, 1.807) is 0 Å². The number of aliphatic imine (C=N–C) groups is 1. The summed E-state index contributed by atoms with van der Waals surface area (Å²) in [6.45, 7) is 0. The lowest BCUT2D eigenvalue weighted by Gasteiger charge is -2.08. The van der Waals surface area contributed by atoms with E-state index in [0.717, 1.165) is 22.0 Å². The third-order valence-electron chi connectivity index (χ3n) is 4.19. The first-order valence-electron chi connectivity index (χ1n) is 8.55. The normalized spacial score (nSPS) is 10.6. The Balaban J connectivity index is 1.54. The van der Waals surface area contributed by atoms with Gasteiger partial charge in [0, 0.05) is 22.2 Å². The van der Waals surface area contributed by atoms with Crippen molar-refractivity contribution >= 4 is 44.8 Å². The molecule has 0 bridgehead atoms. The molecule has 0 saturated carbocycles. The van der Waals surface area contributed by atoms with Crippen molar-refractivity contribution in [2.24, 2.45) is 16.5 Å². The maximum Gasteiger partial charge on any atom is 0.256 e. The minimum Gasteiger partial charge on any atom is -0.370 e. The predicted molar refractivity (Wildman–Crippen MR) is 115 cm³/mol. The van der Waals surface area contributed by atoms with Crippen molar-refractivity contribution in [3.63, 3.8) is 0 Å². The van der Waals surface area contributed by atoms with Gasteiger partial charge in [0.25, 0.3) is 5.91 Å². The molecule has 1 aromatic heterocycles. The molecule has 28 heavy (non-hydrogen) atoms. The lowest BCUT2D eigenvalue weighted by Crippen LogP contribution is -2.21. The van der Waals surface area contributed by atoms with E-state index in [9.17, 15) is 4.79 Å². The van der Waals surface area contributed by atoms with Crippen LogP contribution >= 0.6 is 11.3 Å². The highest BCUT2D eigenvalue weighted by Gasteiger charge is 2.10. The molecule has 0 aliphatic rings. The van der Waals surface area contributed by atoms with Crippen LogP contribution < -0.4 is 16.8 Å². The molecule has 4 rings (SSSR count). The van der Waals surface area contributed by atoms with Crippen LogP contribution in [0.4, 0.5) is 10.8 Å². The number of anilines is 1. The van der Waals surface area contributed by atoms with Gasteiger partial charge >= 0.3 is 0 Å². The van der Waals surface area contributed by atoms with Gasteiger partial charge in [-0.05, 0) is 29.0 Å². The lowest BCUT2D eigenvalue weighted by molar-refractivity contribution is 0.102. The zero-order valence-electron chi connectivity index (χ0n) is 14.8. The number of guanidine groups is 1. The van der Waals surface area contributed by atoms with Gasteiger partial charge in [0.15, 0.2) is 5.96 Å². The number of benzene rings is 3. The summed E-state index contributed by atoms with van der Waals surface area (Å²) in [6.07, 6.45) is 0. The summed E-state index contributed by atoms with van der Waals surface area (Å²) >= 11 is 1.36. The minimum atomic E-state index is -0.145. The van der Waals surface area contributed by atoms with Crippen molar-refractivity contribution in [3.8, 4) is 11.3 Å². The van der Waals surface area contributed by atoms with Crippen molar-refractivity contribution in [3.05, 3.63) is 77.7 Å². The number of hydrogen-bond donors (Lipinski definition) is 3. The summed E-state index contributed by atoms with van der Waals surface area (Å²) in [6, 6.07) is 21.0. The van der Waals surface area contributed by atoms with Crippen LogP contribution in [0.3, 0.4) is 0 Å². The number of nitrogens with two attached hydrogens (primary N) is 2. The maximum atomic E-state index is 12.7. The summed E-state index contributed by atoms with van der Waals surface area (Å²) in [5.41, 5.74) is 13.8. The fourth-order valence-electron chi connectivity index (χ4n) is 2.90. The molecule has 0 saturated heterocycles. The largest absolute Gasteiger partial charge is 0.370 e. The molecule has 0 fully saturated rings. The Bertz CT molecular complexity index is 1170. The van der Waals surface area contributed by atoms with Crippen molar-refractivity contribution in [1.82, 2.24) is 4.98 Å². The molecule has 0 radical (unpaired) electrons. The quantitative estimate of drug-likeness (QED) is 0.362. The molecule has 1 amide bonds. The van der Waals surface area contributed by atoms with E-state index in [2.05, 4.69) is 15.3 Å². The van der Waals surface area contributed by atoms with Crippen molar-refractivity contribution in [2.45, 2.75) is 0 Å². The maximum absolute atomic E-state index is 12.7. The molecule has 0 aliphatic heterocycles. The summed E-state index contributed by atoms with van der Waals surface area (Å²) < 4.78 is 0. The Kier molecular flexibility index (Phi) is 4.74. The highest BCUT2D eigenvalue weighted by molar-refractivity contribution is 7.13. The van der Waals surface area contributed by atoms with Crippen LogP contribution in [-0.4, -0.2) is 16.9 Å². The zero-order chi connectivity index (χ0) is 19.5. The molecular weight excluding hydrogens is 370 g/mol. The summed E-state index contributed by atoms with van der Waals surface area (Å²) in [7, 11) is 0. The van der Waals surface area contributed by atoms with E-state index in [-0.39, 0.29) is 11.9 Å². The SMILES string of the molecule is NC(N)=Nc1nc(-c2ccc(NC(=O)c3cccc4ccccc34)cc2)cs1. The molecule has 0 unspecified atom stereocenters. The third-order valence-corrected chi connectivity index (χ3v) is 4.92. The molecule has 1 heterocycles. The summed E-state index contributed by atoms with van der Waals surface area (Å²) in [5.74, 6) is -0.166. The van der Waals surface area contributed by atoms with Crippen molar-refractivity contribution < 1.29 is 4.79 Å². The second-order valence-corrected chi connectivity index (χ2v) is 6.95.